The van der Waals surface area contributed by atoms with E-state index in [4.69, 9.17) is 0 Å². The molecule has 1 aliphatic rings. The molecule has 0 heterocycles. The van der Waals surface area contributed by atoms with Gasteiger partial charge in [-0.3, -0.25) is 0 Å². The van der Waals surface area contributed by atoms with Crippen molar-refractivity contribution >= 4 is 28.3 Å². The molecule has 98 valence electrons. The second kappa shape index (κ2) is 5.95. The number of nitrogens with one attached hydrogen (secondary N) is 1. The Morgan fingerprint density at radius 1 is 1.05 bits per heavy atom. The van der Waals surface area contributed by atoms with Gasteiger partial charge in [0.1, 0.15) is 0 Å². The summed E-state index contributed by atoms with van der Waals surface area (Å²) in [5.41, 5.74) is 4.35. The van der Waals surface area contributed by atoms with Gasteiger partial charge >= 0.3 is 0 Å². The van der Waals surface area contributed by atoms with E-state index in [1.54, 1.807) is 11.1 Å². The van der Waals surface area contributed by atoms with Gasteiger partial charge in [0.25, 0.3) is 0 Å². The second-order valence-corrected chi connectivity index (χ2v) is 6.31. The average Bonchev–Trinajstić information content (AvgIpc) is 2.46. The smallest absolute Gasteiger partial charge is 0.0476 e. The number of para-hydroxylation sites is 1. The van der Waals surface area contributed by atoms with E-state index in [1.165, 1.54) is 28.5 Å². The van der Waals surface area contributed by atoms with Crippen LogP contribution >= 0.6 is 22.6 Å². The molecule has 0 saturated heterocycles. The molecule has 0 amide bonds. The molecule has 0 fully saturated rings. The van der Waals surface area contributed by atoms with Crippen LogP contribution < -0.4 is 5.32 Å². The van der Waals surface area contributed by atoms with Crippen LogP contribution in [0.15, 0.2) is 48.5 Å². The Kier molecular flexibility index (Phi) is 4.06. The highest BCUT2D eigenvalue weighted by Gasteiger charge is 2.19. The van der Waals surface area contributed by atoms with Gasteiger partial charge in [-0.15, -0.1) is 0 Å². The molecule has 1 atom stereocenters. The van der Waals surface area contributed by atoms with Crippen molar-refractivity contribution in [3.8, 4) is 0 Å². The topological polar surface area (TPSA) is 12.0 Å². The van der Waals surface area contributed by atoms with Crippen LogP contribution in [-0.4, -0.2) is 6.54 Å². The molecule has 2 aromatic rings. The number of hydrogen-bond donors (Lipinski definition) is 1. The number of fused-ring (bicyclic) bond motifs is 1. The van der Waals surface area contributed by atoms with Crippen LogP contribution in [0, 0.1) is 3.57 Å². The van der Waals surface area contributed by atoms with Gasteiger partial charge in [0.2, 0.25) is 0 Å². The van der Waals surface area contributed by atoms with E-state index < -0.39 is 0 Å². The van der Waals surface area contributed by atoms with Crippen molar-refractivity contribution < 1.29 is 0 Å². The van der Waals surface area contributed by atoms with E-state index in [9.17, 15) is 0 Å². The minimum atomic E-state index is 0.654. The van der Waals surface area contributed by atoms with E-state index >= 15 is 0 Å². The van der Waals surface area contributed by atoms with Gasteiger partial charge in [0, 0.05) is 21.7 Å². The SMILES string of the molecule is Ic1ccccc1NCC1CCCc2ccccc21. The number of hydrogen-bond acceptors (Lipinski definition) is 1. The summed E-state index contributed by atoms with van der Waals surface area (Å²) in [5.74, 6) is 0.654. The molecule has 0 saturated carbocycles. The fraction of sp³-hybridized carbons (Fsp3) is 0.294. The van der Waals surface area contributed by atoms with E-state index in [2.05, 4.69) is 76.4 Å². The lowest BCUT2D eigenvalue weighted by atomic mass is 9.83. The summed E-state index contributed by atoms with van der Waals surface area (Å²) < 4.78 is 1.30. The third-order valence-electron chi connectivity index (χ3n) is 3.91. The van der Waals surface area contributed by atoms with Crippen LogP contribution in [0.3, 0.4) is 0 Å². The highest BCUT2D eigenvalue weighted by atomic mass is 127. The summed E-state index contributed by atoms with van der Waals surface area (Å²) >= 11 is 2.39. The van der Waals surface area contributed by atoms with Gasteiger partial charge in [-0.2, -0.15) is 0 Å². The molecule has 1 aliphatic carbocycles. The van der Waals surface area contributed by atoms with Crippen molar-refractivity contribution in [2.75, 3.05) is 11.9 Å². The Bertz CT molecular complexity index is 565. The molecule has 0 radical (unpaired) electrons. The lowest BCUT2D eigenvalue weighted by molar-refractivity contribution is 0.571. The third-order valence-corrected chi connectivity index (χ3v) is 4.85. The lowest BCUT2D eigenvalue weighted by Crippen LogP contribution is -2.18. The van der Waals surface area contributed by atoms with Gasteiger partial charge in [-0.1, -0.05) is 36.4 Å². The van der Waals surface area contributed by atoms with E-state index in [0.29, 0.717) is 5.92 Å². The predicted octanol–water partition coefficient (Wildman–Crippen LogP) is 4.82. The van der Waals surface area contributed by atoms with Gasteiger partial charge < -0.3 is 5.32 Å². The summed E-state index contributed by atoms with van der Waals surface area (Å²) in [5, 5.41) is 3.62. The molecule has 1 N–H and O–H groups in total. The van der Waals surface area contributed by atoms with Crippen molar-refractivity contribution in [1.82, 2.24) is 0 Å². The number of rotatable bonds is 3. The maximum absolute atomic E-state index is 3.62. The molecule has 0 aliphatic heterocycles. The molecule has 0 bridgehead atoms. The quantitative estimate of drug-likeness (QED) is 0.771. The summed E-state index contributed by atoms with van der Waals surface area (Å²) in [4.78, 5) is 0. The first kappa shape index (κ1) is 13.0. The zero-order valence-corrected chi connectivity index (χ0v) is 13.1. The highest BCUT2D eigenvalue weighted by molar-refractivity contribution is 14.1. The minimum absolute atomic E-state index is 0.654. The van der Waals surface area contributed by atoms with Crippen molar-refractivity contribution in [3.05, 3.63) is 63.2 Å². The Morgan fingerprint density at radius 3 is 2.74 bits per heavy atom. The molecule has 1 nitrogen and oxygen atoms in total. The number of benzene rings is 2. The monoisotopic (exact) mass is 363 g/mol. The summed E-state index contributed by atoms with van der Waals surface area (Å²) in [6.45, 7) is 1.04. The van der Waals surface area contributed by atoms with Crippen LogP contribution in [0.5, 0.6) is 0 Å². The van der Waals surface area contributed by atoms with Gasteiger partial charge in [-0.05, 0) is 65.1 Å². The molecule has 19 heavy (non-hydrogen) atoms. The van der Waals surface area contributed by atoms with Crippen molar-refractivity contribution in [2.45, 2.75) is 25.2 Å². The van der Waals surface area contributed by atoms with Crippen molar-refractivity contribution in [3.63, 3.8) is 0 Å². The summed E-state index contributed by atoms with van der Waals surface area (Å²) in [6, 6.07) is 17.4. The molecular weight excluding hydrogens is 345 g/mol. The summed E-state index contributed by atoms with van der Waals surface area (Å²) in [6.07, 6.45) is 3.86. The second-order valence-electron chi connectivity index (χ2n) is 5.15. The molecule has 3 rings (SSSR count). The fourth-order valence-corrected chi connectivity index (χ4v) is 3.48. The summed E-state index contributed by atoms with van der Waals surface area (Å²) in [7, 11) is 0. The Balaban J connectivity index is 1.73. The first-order chi connectivity index (χ1) is 9.34. The van der Waals surface area contributed by atoms with E-state index in [0.717, 1.165) is 6.54 Å². The number of halogens is 1. The molecular formula is C17H18IN. The predicted molar refractivity (Wildman–Crippen MR) is 89.8 cm³/mol. The maximum atomic E-state index is 3.62. The van der Waals surface area contributed by atoms with Crippen LogP contribution in [0.2, 0.25) is 0 Å². The van der Waals surface area contributed by atoms with Gasteiger partial charge in [0.05, 0.1) is 0 Å². The first-order valence-electron chi connectivity index (χ1n) is 6.91. The zero-order valence-electron chi connectivity index (χ0n) is 10.9. The largest absolute Gasteiger partial charge is 0.384 e. The molecule has 2 heteroatoms. The molecule has 0 spiro atoms. The zero-order chi connectivity index (χ0) is 13.1. The van der Waals surface area contributed by atoms with Crippen LogP contribution in [-0.2, 0) is 6.42 Å². The van der Waals surface area contributed by atoms with Crippen LogP contribution in [0.4, 0.5) is 5.69 Å². The normalized spacial score (nSPS) is 17.8. The highest BCUT2D eigenvalue weighted by Crippen LogP contribution is 2.31. The van der Waals surface area contributed by atoms with Gasteiger partial charge in [0.15, 0.2) is 0 Å². The molecule has 2 aromatic carbocycles. The molecule has 1 unspecified atom stereocenters. The number of aryl methyl sites for hydroxylation is 1. The van der Waals surface area contributed by atoms with E-state index in [1.807, 2.05) is 0 Å². The van der Waals surface area contributed by atoms with Crippen LogP contribution in [0.1, 0.15) is 29.9 Å². The van der Waals surface area contributed by atoms with Gasteiger partial charge in [-0.25, -0.2) is 0 Å². The lowest BCUT2D eigenvalue weighted by Gasteiger charge is -2.26. The fourth-order valence-electron chi connectivity index (χ4n) is 2.90. The Labute approximate surface area is 128 Å². The third kappa shape index (κ3) is 2.94. The first-order valence-corrected chi connectivity index (χ1v) is 7.98. The van der Waals surface area contributed by atoms with Crippen LogP contribution in [0.25, 0.3) is 0 Å². The van der Waals surface area contributed by atoms with Crippen molar-refractivity contribution in [2.24, 2.45) is 0 Å². The standard InChI is InChI=1S/C17H18IN/c18-16-10-3-4-11-17(16)19-12-14-8-5-7-13-6-1-2-9-15(13)14/h1-4,6,9-11,14,19H,5,7-8,12H2. The Hall–Kier alpha value is -1.03. The minimum Gasteiger partial charge on any atom is -0.384 e. The molecule has 0 aromatic heterocycles. The average molecular weight is 363 g/mol. The maximum Gasteiger partial charge on any atom is 0.0476 e. The number of anilines is 1. The van der Waals surface area contributed by atoms with E-state index in [-0.39, 0.29) is 0 Å². The Morgan fingerprint density at radius 2 is 1.84 bits per heavy atom. The van der Waals surface area contributed by atoms with Crippen molar-refractivity contribution in [1.29, 1.82) is 0 Å².